The van der Waals surface area contributed by atoms with Gasteiger partial charge in [0.15, 0.2) is 5.65 Å². The summed E-state index contributed by atoms with van der Waals surface area (Å²) in [6.07, 6.45) is 3.20. The first-order valence-corrected chi connectivity index (χ1v) is 6.97. The number of piperazine rings is 1. The van der Waals surface area contributed by atoms with Gasteiger partial charge in [-0.1, -0.05) is 0 Å². The van der Waals surface area contributed by atoms with Crippen molar-refractivity contribution in [1.82, 2.24) is 24.8 Å². The van der Waals surface area contributed by atoms with Gasteiger partial charge in [0.2, 0.25) is 0 Å². The van der Waals surface area contributed by atoms with Crippen LogP contribution >= 0.6 is 24.8 Å². The van der Waals surface area contributed by atoms with Crippen LogP contribution in [0.3, 0.4) is 0 Å². The Labute approximate surface area is 151 Å². The van der Waals surface area contributed by atoms with Gasteiger partial charge < -0.3 is 19.5 Å². The lowest BCUT2D eigenvalue weighted by Crippen LogP contribution is -2.56. The van der Waals surface area contributed by atoms with Crippen molar-refractivity contribution >= 4 is 47.9 Å². The number of hydrogen-bond acceptors (Lipinski definition) is 6. The van der Waals surface area contributed by atoms with Crippen molar-refractivity contribution in [3.8, 4) is 0 Å². The van der Waals surface area contributed by atoms with Crippen molar-refractivity contribution in [3.63, 3.8) is 0 Å². The molecule has 132 valence electrons. The highest BCUT2D eigenvalue weighted by molar-refractivity contribution is 5.96. The number of aromatic nitrogens is 3. The molecule has 1 saturated heterocycles. The molecular formula is C14H19Cl2N5O3. The van der Waals surface area contributed by atoms with Crippen LogP contribution in [0.4, 0.5) is 0 Å². The maximum Gasteiger partial charge on any atom is 0.324 e. The van der Waals surface area contributed by atoms with Gasteiger partial charge in [-0.15, -0.1) is 24.8 Å². The van der Waals surface area contributed by atoms with Crippen LogP contribution in [0, 0.1) is 0 Å². The molecule has 1 aliphatic rings. The zero-order valence-corrected chi connectivity index (χ0v) is 14.9. The van der Waals surface area contributed by atoms with Crippen molar-refractivity contribution in [1.29, 1.82) is 0 Å². The average molecular weight is 376 g/mol. The number of fused-ring (bicyclic) bond motifs is 1. The van der Waals surface area contributed by atoms with Crippen molar-refractivity contribution in [2.24, 2.45) is 7.05 Å². The summed E-state index contributed by atoms with van der Waals surface area (Å²) in [5, 5.41) is 3.04. The molecule has 1 unspecified atom stereocenters. The number of methoxy groups -OCH3 is 1. The third-order valence-electron chi connectivity index (χ3n) is 3.75. The third kappa shape index (κ3) is 3.77. The molecule has 1 aliphatic heterocycles. The lowest BCUT2D eigenvalue weighted by molar-refractivity contribution is -0.144. The molecule has 3 heterocycles. The molecule has 1 atom stereocenters. The van der Waals surface area contributed by atoms with Crippen molar-refractivity contribution < 1.29 is 14.3 Å². The quantitative estimate of drug-likeness (QED) is 0.764. The Morgan fingerprint density at radius 3 is 2.79 bits per heavy atom. The van der Waals surface area contributed by atoms with Gasteiger partial charge in [0.1, 0.15) is 11.6 Å². The Balaban J connectivity index is 0.00000144. The van der Waals surface area contributed by atoms with Crippen molar-refractivity contribution in [2.75, 3.05) is 26.7 Å². The van der Waals surface area contributed by atoms with E-state index in [-0.39, 0.29) is 43.2 Å². The molecule has 0 saturated carbocycles. The molecule has 2 aromatic heterocycles. The lowest BCUT2D eigenvalue weighted by atomic mass is 10.1. The minimum Gasteiger partial charge on any atom is -0.468 e. The second-order valence-electron chi connectivity index (χ2n) is 5.20. The summed E-state index contributed by atoms with van der Waals surface area (Å²) in [7, 11) is 3.19. The van der Waals surface area contributed by atoms with Crippen LogP contribution in [-0.4, -0.2) is 64.1 Å². The molecule has 1 fully saturated rings. The fourth-order valence-electron chi connectivity index (χ4n) is 2.55. The number of nitrogens with one attached hydrogen (secondary N) is 1. The van der Waals surface area contributed by atoms with Crippen LogP contribution in [-0.2, 0) is 16.6 Å². The van der Waals surface area contributed by atoms with E-state index in [1.54, 1.807) is 28.1 Å². The molecule has 8 nitrogen and oxygen atoms in total. The number of imidazole rings is 1. The Morgan fingerprint density at radius 2 is 2.08 bits per heavy atom. The first-order chi connectivity index (χ1) is 10.6. The normalized spacial score (nSPS) is 16.9. The van der Waals surface area contributed by atoms with Crippen LogP contribution in [0.2, 0.25) is 0 Å². The number of carbonyl (C=O) groups is 2. The molecule has 0 radical (unpaired) electrons. The zero-order chi connectivity index (χ0) is 15.7. The predicted molar refractivity (Wildman–Crippen MR) is 92.7 cm³/mol. The van der Waals surface area contributed by atoms with Gasteiger partial charge in [-0.05, 0) is 6.07 Å². The highest BCUT2D eigenvalue weighted by Crippen LogP contribution is 2.13. The number of nitrogens with zero attached hydrogens (tertiary/aromatic N) is 4. The number of amides is 1. The van der Waals surface area contributed by atoms with Crippen LogP contribution in [0.25, 0.3) is 11.2 Å². The van der Waals surface area contributed by atoms with Crippen LogP contribution < -0.4 is 5.32 Å². The number of rotatable bonds is 2. The molecule has 0 spiro atoms. The summed E-state index contributed by atoms with van der Waals surface area (Å²) in [5.41, 5.74) is 1.87. The van der Waals surface area contributed by atoms with Gasteiger partial charge in [0.25, 0.3) is 5.91 Å². The molecule has 10 heteroatoms. The van der Waals surface area contributed by atoms with Gasteiger partial charge in [-0.2, -0.15) is 0 Å². The average Bonchev–Trinajstić information content (AvgIpc) is 2.94. The van der Waals surface area contributed by atoms with Gasteiger partial charge in [-0.25, -0.2) is 9.97 Å². The third-order valence-corrected chi connectivity index (χ3v) is 3.75. The van der Waals surface area contributed by atoms with E-state index >= 15 is 0 Å². The van der Waals surface area contributed by atoms with E-state index in [2.05, 4.69) is 15.3 Å². The molecule has 1 amide bonds. The Bertz CT molecular complexity index is 736. The standard InChI is InChI=1S/C14H17N5O3.2ClH/c1-18-8-17-10-5-9(6-16-12(10)18)13(20)19-4-3-15-11(7-19)14(21)22-2;;/h5-6,8,11,15H,3-4,7H2,1-2H3;2*1H. The van der Waals surface area contributed by atoms with E-state index in [1.165, 1.54) is 7.11 Å². The molecule has 0 aromatic carbocycles. The number of esters is 1. The number of carbonyl (C=O) groups excluding carboxylic acids is 2. The number of pyridine rings is 1. The highest BCUT2D eigenvalue weighted by atomic mass is 35.5. The van der Waals surface area contributed by atoms with E-state index in [0.717, 1.165) is 5.65 Å². The molecule has 0 bridgehead atoms. The summed E-state index contributed by atoms with van der Waals surface area (Å²) >= 11 is 0. The summed E-state index contributed by atoms with van der Waals surface area (Å²) in [6, 6.07) is 1.23. The highest BCUT2D eigenvalue weighted by Gasteiger charge is 2.29. The Kier molecular flexibility index (Phi) is 6.94. The van der Waals surface area contributed by atoms with Crippen molar-refractivity contribution in [2.45, 2.75) is 6.04 Å². The smallest absolute Gasteiger partial charge is 0.324 e. The summed E-state index contributed by atoms with van der Waals surface area (Å²) in [4.78, 5) is 34.3. The number of hydrogen-bond donors (Lipinski definition) is 1. The first kappa shape index (κ1) is 20.1. The monoisotopic (exact) mass is 375 g/mol. The first-order valence-electron chi connectivity index (χ1n) is 6.97. The van der Waals surface area contributed by atoms with Crippen LogP contribution in [0.1, 0.15) is 10.4 Å². The SMILES string of the molecule is COC(=O)C1CN(C(=O)c2cnc3c(c2)ncn3C)CCN1.Cl.Cl. The van der Waals surface area contributed by atoms with Gasteiger partial charge >= 0.3 is 5.97 Å². The fourth-order valence-corrected chi connectivity index (χ4v) is 2.55. The minimum atomic E-state index is -0.491. The second kappa shape index (κ2) is 8.27. The minimum absolute atomic E-state index is 0. The second-order valence-corrected chi connectivity index (χ2v) is 5.20. The van der Waals surface area contributed by atoms with E-state index in [9.17, 15) is 9.59 Å². The topological polar surface area (TPSA) is 89.3 Å². The van der Waals surface area contributed by atoms with Gasteiger partial charge in [0.05, 0.1) is 19.0 Å². The number of halogens is 2. The van der Waals surface area contributed by atoms with E-state index < -0.39 is 6.04 Å². The fraction of sp³-hybridized carbons (Fsp3) is 0.429. The van der Waals surface area contributed by atoms with E-state index in [0.29, 0.717) is 24.2 Å². The largest absolute Gasteiger partial charge is 0.468 e. The Morgan fingerprint density at radius 1 is 1.33 bits per heavy atom. The predicted octanol–water partition coefficient (Wildman–Crippen LogP) is 0.399. The molecule has 0 aliphatic carbocycles. The maximum atomic E-state index is 12.6. The molecular weight excluding hydrogens is 357 g/mol. The van der Waals surface area contributed by atoms with Gasteiger partial charge in [-0.3, -0.25) is 9.59 Å². The zero-order valence-electron chi connectivity index (χ0n) is 13.3. The van der Waals surface area contributed by atoms with Crippen LogP contribution in [0.5, 0.6) is 0 Å². The molecule has 1 N–H and O–H groups in total. The molecule has 3 rings (SSSR count). The summed E-state index contributed by atoms with van der Waals surface area (Å²) in [6.45, 7) is 1.36. The molecule has 24 heavy (non-hydrogen) atoms. The van der Waals surface area contributed by atoms with E-state index in [1.807, 2.05) is 7.05 Å². The number of aryl methyl sites for hydroxylation is 1. The Hall–Kier alpha value is -1.90. The van der Waals surface area contributed by atoms with E-state index in [4.69, 9.17) is 4.74 Å². The summed E-state index contributed by atoms with van der Waals surface area (Å²) < 4.78 is 6.51. The van der Waals surface area contributed by atoms with Gasteiger partial charge in [0, 0.05) is 32.9 Å². The van der Waals surface area contributed by atoms with Crippen molar-refractivity contribution in [3.05, 3.63) is 24.2 Å². The summed E-state index contributed by atoms with van der Waals surface area (Å²) in [5.74, 6) is -0.522. The lowest BCUT2D eigenvalue weighted by Gasteiger charge is -2.32. The number of ether oxygens (including phenoxy) is 1. The van der Waals surface area contributed by atoms with Crippen LogP contribution in [0.15, 0.2) is 18.6 Å². The maximum absolute atomic E-state index is 12.6. The molecule has 2 aromatic rings.